The number of amides is 1. The Morgan fingerprint density at radius 1 is 1.29 bits per heavy atom. The number of epoxide rings is 1. The lowest BCUT2D eigenvalue weighted by atomic mass is 10.2. The highest BCUT2D eigenvalue weighted by Crippen LogP contribution is 2.29. The van der Waals surface area contributed by atoms with E-state index in [1.165, 1.54) is 0 Å². The lowest BCUT2D eigenvalue weighted by Crippen LogP contribution is -2.42. The molecule has 114 valence electrons. The van der Waals surface area contributed by atoms with E-state index >= 15 is 0 Å². The highest BCUT2D eigenvalue weighted by atomic mass is 16.6. The van der Waals surface area contributed by atoms with Gasteiger partial charge in [0.15, 0.2) is 6.10 Å². The van der Waals surface area contributed by atoms with Gasteiger partial charge in [0, 0.05) is 25.7 Å². The maximum atomic E-state index is 12.2. The first-order chi connectivity index (χ1) is 10.2. The third-order valence-electron chi connectivity index (χ3n) is 4.28. The van der Waals surface area contributed by atoms with Crippen LogP contribution in [0.25, 0.3) is 0 Å². The molecule has 0 aromatic heterocycles. The molecule has 5 nitrogen and oxygen atoms in total. The van der Waals surface area contributed by atoms with Gasteiger partial charge in [0.05, 0.1) is 19.4 Å². The number of hydrogen-bond donors (Lipinski definition) is 0. The van der Waals surface area contributed by atoms with Crippen LogP contribution in [0.3, 0.4) is 0 Å². The zero-order chi connectivity index (χ0) is 14.8. The molecule has 0 bridgehead atoms. The molecule has 2 aliphatic heterocycles. The van der Waals surface area contributed by atoms with Crippen molar-refractivity contribution in [2.75, 3.05) is 38.3 Å². The first-order valence-corrected chi connectivity index (χ1v) is 7.50. The molecule has 2 saturated heterocycles. The smallest absolute Gasteiger partial charge is 0.254 e. The summed E-state index contributed by atoms with van der Waals surface area (Å²) in [6.07, 6.45) is 0.765. The van der Waals surface area contributed by atoms with Crippen LogP contribution >= 0.6 is 0 Å². The average Bonchev–Trinajstić information content (AvgIpc) is 3.34. The Balaban J connectivity index is 1.73. The quantitative estimate of drug-likeness (QED) is 0.792. The van der Waals surface area contributed by atoms with Crippen LogP contribution in [0.1, 0.15) is 13.3 Å². The Labute approximate surface area is 125 Å². The standard InChI is InChI=1S/C16H22N2O3/c1-12-7-8-17(13-5-3-4-6-14(13)20-2)9-10-18(12)16(19)15-11-21-15/h3-6,12,15H,7-11H2,1-2H3. The van der Waals surface area contributed by atoms with Crippen molar-refractivity contribution in [1.82, 2.24) is 4.90 Å². The zero-order valence-corrected chi connectivity index (χ0v) is 12.6. The Morgan fingerprint density at radius 3 is 2.76 bits per heavy atom. The minimum absolute atomic E-state index is 0.143. The van der Waals surface area contributed by atoms with Crippen molar-refractivity contribution in [3.63, 3.8) is 0 Å². The van der Waals surface area contributed by atoms with Crippen molar-refractivity contribution in [2.45, 2.75) is 25.5 Å². The van der Waals surface area contributed by atoms with Gasteiger partial charge in [-0.25, -0.2) is 0 Å². The lowest BCUT2D eigenvalue weighted by molar-refractivity contribution is -0.134. The van der Waals surface area contributed by atoms with Crippen LogP contribution in [0, 0.1) is 0 Å². The van der Waals surface area contributed by atoms with E-state index in [1.807, 2.05) is 23.1 Å². The van der Waals surface area contributed by atoms with Gasteiger partial charge in [-0.15, -0.1) is 0 Å². The summed E-state index contributed by atoms with van der Waals surface area (Å²) in [4.78, 5) is 16.5. The second kappa shape index (κ2) is 5.93. The van der Waals surface area contributed by atoms with E-state index in [4.69, 9.17) is 9.47 Å². The molecule has 1 aromatic rings. The molecule has 21 heavy (non-hydrogen) atoms. The average molecular weight is 290 g/mol. The normalized spacial score (nSPS) is 25.4. The van der Waals surface area contributed by atoms with Crippen LogP contribution in [-0.2, 0) is 9.53 Å². The summed E-state index contributed by atoms with van der Waals surface area (Å²) in [6, 6.07) is 8.30. The molecular weight excluding hydrogens is 268 g/mol. The van der Waals surface area contributed by atoms with Crippen LogP contribution in [0.2, 0.25) is 0 Å². The Bertz CT molecular complexity index is 516. The number of methoxy groups -OCH3 is 1. The van der Waals surface area contributed by atoms with Crippen LogP contribution in [0.15, 0.2) is 24.3 Å². The molecule has 0 spiro atoms. The second-order valence-corrected chi connectivity index (χ2v) is 5.65. The van der Waals surface area contributed by atoms with Crippen LogP contribution in [0.5, 0.6) is 5.75 Å². The van der Waals surface area contributed by atoms with E-state index in [2.05, 4.69) is 17.9 Å². The first kappa shape index (κ1) is 14.2. The van der Waals surface area contributed by atoms with E-state index in [9.17, 15) is 4.79 Å². The summed E-state index contributed by atoms with van der Waals surface area (Å²) in [5, 5.41) is 0. The minimum atomic E-state index is -0.190. The molecule has 2 aliphatic rings. The number of para-hydroxylation sites is 2. The van der Waals surface area contributed by atoms with Gasteiger partial charge in [-0.3, -0.25) is 4.79 Å². The first-order valence-electron chi connectivity index (χ1n) is 7.50. The summed E-state index contributed by atoms with van der Waals surface area (Å²) in [5.74, 6) is 1.03. The highest BCUT2D eigenvalue weighted by Gasteiger charge is 2.37. The van der Waals surface area contributed by atoms with E-state index in [0.29, 0.717) is 6.61 Å². The summed E-state index contributed by atoms with van der Waals surface area (Å²) in [5.41, 5.74) is 1.10. The minimum Gasteiger partial charge on any atom is -0.495 e. The number of rotatable bonds is 3. The van der Waals surface area contributed by atoms with Crippen molar-refractivity contribution >= 4 is 11.6 Å². The topological polar surface area (TPSA) is 45.3 Å². The van der Waals surface area contributed by atoms with Gasteiger partial charge in [-0.1, -0.05) is 12.1 Å². The molecule has 1 aromatic carbocycles. The van der Waals surface area contributed by atoms with E-state index in [-0.39, 0.29) is 18.1 Å². The lowest BCUT2D eigenvalue weighted by Gasteiger charge is -2.26. The highest BCUT2D eigenvalue weighted by molar-refractivity contribution is 5.83. The third-order valence-corrected chi connectivity index (χ3v) is 4.28. The third kappa shape index (κ3) is 2.97. The Hall–Kier alpha value is -1.75. The second-order valence-electron chi connectivity index (χ2n) is 5.65. The summed E-state index contributed by atoms with van der Waals surface area (Å²) < 4.78 is 10.6. The molecular formula is C16H22N2O3. The molecule has 5 heteroatoms. The van der Waals surface area contributed by atoms with E-state index in [1.54, 1.807) is 7.11 Å². The van der Waals surface area contributed by atoms with Crippen molar-refractivity contribution in [3.8, 4) is 5.75 Å². The van der Waals surface area contributed by atoms with Gasteiger partial charge in [-0.2, -0.15) is 0 Å². The Morgan fingerprint density at radius 2 is 2.05 bits per heavy atom. The fraction of sp³-hybridized carbons (Fsp3) is 0.562. The molecule has 0 saturated carbocycles. The molecule has 0 radical (unpaired) electrons. The number of ether oxygens (including phenoxy) is 2. The summed E-state index contributed by atoms with van der Waals surface area (Å²) in [6.45, 7) is 5.18. The zero-order valence-electron chi connectivity index (χ0n) is 12.6. The molecule has 2 unspecified atom stereocenters. The fourth-order valence-electron chi connectivity index (χ4n) is 2.89. The van der Waals surface area contributed by atoms with Crippen molar-refractivity contribution in [3.05, 3.63) is 24.3 Å². The van der Waals surface area contributed by atoms with Crippen LogP contribution in [-0.4, -0.2) is 56.3 Å². The predicted molar refractivity (Wildman–Crippen MR) is 80.7 cm³/mol. The van der Waals surface area contributed by atoms with Gasteiger partial charge < -0.3 is 19.3 Å². The van der Waals surface area contributed by atoms with Gasteiger partial charge in [0.25, 0.3) is 5.91 Å². The van der Waals surface area contributed by atoms with Gasteiger partial charge in [-0.05, 0) is 25.5 Å². The van der Waals surface area contributed by atoms with E-state index < -0.39 is 0 Å². The fourth-order valence-corrected chi connectivity index (χ4v) is 2.89. The van der Waals surface area contributed by atoms with Crippen molar-refractivity contribution in [2.24, 2.45) is 0 Å². The molecule has 2 fully saturated rings. The molecule has 3 rings (SSSR count). The predicted octanol–water partition coefficient (Wildman–Crippen LogP) is 1.52. The largest absolute Gasteiger partial charge is 0.495 e. The van der Waals surface area contributed by atoms with Gasteiger partial charge in [0.1, 0.15) is 5.75 Å². The Kier molecular flexibility index (Phi) is 4.01. The van der Waals surface area contributed by atoms with Gasteiger partial charge >= 0.3 is 0 Å². The van der Waals surface area contributed by atoms with Crippen molar-refractivity contribution in [1.29, 1.82) is 0 Å². The number of carbonyl (C=O) groups is 1. The number of nitrogens with zero attached hydrogens (tertiary/aromatic N) is 2. The van der Waals surface area contributed by atoms with E-state index in [0.717, 1.165) is 37.5 Å². The molecule has 1 amide bonds. The number of benzene rings is 1. The SMILES string of the molecule is COc1ccccc1N1CCC(C)N(C(=O)C2CO2)CC1. The number of hydrogen-bond acceptors (Lipinski definition) is 4. The number of carbonyl (C=O) groups excluding carboxylic acids is 1. The summed E-state index contributed by atoms with van der Waals surface area (Å²) >= 11 is 0. The molecule has 0 N–H and O–H groups in total. The monoisotopic (exact) mass is 290 g/mol. The summed E-state index contributed by atoms with van der Waals surface area (Å²) in [7, 11) is 1.69. The van der Waals surface area contributed by atoms with Crippen LogP contribution < -0.4 is 9.64 Å². The van der Waals surface area contributed by atoms with Crippen LogP contribution in [0.4, 0.5) is 5.69 Å². The van der Waals surface area contributed by atoms with Gasteiger partial charge in [0.2, 0.25) is 0 Å². The molecule has 0 aliphatic carbocycles. The molecule has 2 atom stereocenters. The molecule has 2 heterocycles. The maximum Gasteiger partial charge on any atom is 0.254 e. The maximum absolute atomic E-state index is 12.2. The number of anilines is 1. The van der Waals surface area contributed by atoms with Crippen molar-refractivity contribution < 1.29 is 14.3 Å².